The van der Waals surface area contributed by atoms with Gasteiger partial charge in [0.25, 0.3) is 0 Å². The minimum absolute atomic E-state index is 1.19. The summed E-state index contributed by atoms with van der Waals surface area (Å²) in [6, 6.07) is 55.4. The third kappa shape index (κ3) is 3.43. The maximum Gasteiger partial charge on any atom is 0.0541 e. The van der Waals surface area contributed by atoms with Crippen molar-refractivity contribution >= 4 is 64.8 Å². The Kier molecular flexibility index (Phi) is 5.13. The van der Waals surface area contributed by atoms with Crippen LogP contribution in [0.15, 0.2) is 152 Å². The van der Waals surface area contributed by atoms with Gasteiger partial charge in [0.1, 0.15) is 0 Å². The van der Waals surface area contributed by atoms with Gasteiger partial charge in [0.2, 0.25) is 0 Å². The number of fused-ring (bicyclic) bond motifs is 6. The SMILES string of the molecule is c1ccc(-c2c3ccccc3c(-c3cc4cc(-n5c6ccccc6c6ccccc65)ccc4s3)c3ccccc23)cc1. The van der Waals surface area contributed by atoms with E-state index in [1.54, 1.807) is 0 Å². The second kappa shape index (κ2) is 9.17. The maximum absolute atomic E-state index is 2.40. The average molecular weight is 552 g/mol. The summed E-state index contributed by atoms with van der Waals surface area (Å²) in [5.74, 6) is 0. The van der Waals surface area contributed by atoms with E-state index in [2.05, 4.69) is 156 Å². The zero-order valence-corrected chi connectivity index (χ0v) is 23.6. The van der Waals surface area contributed by atoms with Crippen LogP contribution in [0.4, 0.5) is 0 Å². The molecule has 2 aromatic heterocycles. The van der Waals surface area contributed by atoms with Crippen LogP contribution in [0.5, 0.6) is 0 Å². The molecule has 0 saturated heterocycles. The molecule has 0 fully saturated rings. The van der Waals surface area contributed by atoms with Crippen molar-refractivity contribution in [2.45, 2.75) is 0 Å². The van der Waals surface area contributed by atoms with Crippen LogP contribution in [-0.2, 0) is 0 Å². The fraction of sp³-hybridized carbons (Fsp3) is 0. The van der Waals surface area contributed by atoms with Gasteiger partial charge < -0.3 is 4.57 Å². The van der Waals surface area contributed by atoms with Crippen molar-refractivity contribution in [2.24, 2.45) is 0 Å². The van der Waals surface area contributed by atoms with E-state index in [1.807, 2.05) is 11.3 Å². The Hall–Kier alpha value is -5.18. The first-order valence-electron chi connectivity index (χ1n) is 14.4. The highest BCUT2D eigenvalue weighted by Gasteiger charge is 2.18. The fourth-order valence-electron chi connectivity index (χ4n) is 6.80. The minimum Gasteiger partial charge on any atom is -0.309 e. The van der Waals surface area contributed by atoms with E-state index in [4.69, 9.17) is 0 Å². The molecule has 0 radical (unpaired) electrons. The quantitative estimate of drug-likeness (QED) is 0.192. The maximum atomic E-state index is 2.40. The lowest BCUT2D eigenvalue weighted by Crippen LogP contribution is -1.92. The molecule has 2 heteroatoms. The van der Waals surface area contributed by atoms with Crippen LogP contribution in [0, 0.1) is 0 Å². The minimum atomic E-state index is 1.19. The zero-order valence-electron chi connectivity index (χ0n) is 22.8. The van der Waals surface area contributed by atoms with Gasteiger partial charge in [-0.25, -0.2) is 0 Å². The predicted octanol–water partition coefficient (Wildman–Crippen LogP) is 11.6. The molecule has 9 rings (SSSR count). The van der Waals surface area contributed by atoms with E-state index in [0.717, 1.165) is 0 Å². The third-order valence-corrected chi connectivity index (χ3v) is 9.71. The van der Waals surface area contributed by atoms with E-state index < -0.39 is 0 Å². The highest BCUT2D eigenvalue weighted by molar-refractivity contribution is 7.22. The third-order valence-electron chi connectivity index (χ3n) is 8.58. The molecule has 2 heterocycles. The van der Waals surface area contributed by atoms with Gasteiger partial charge in [-0.15, -0.1) is 11.3 Å². The van der Waals surface area contributed by atoms with E-state index in [9.17, 15) is 0 Å². The van der Waals surface area contributed by atoms with Gasteiger partial charge in [-0.2, -0.15) is 0 Å². The van der Waals surface area contributed by atoms with Gasteiger partial charge >= 0.3 is 0 Å². The molecular weight excluding hydrogens is 527 g/mol. The second-order valence-electron chi connectivity index (χ2n) is 10.9. The summed E-state index contributed by atoms with van der Waals surface area (Å²) in [6.45, 7) is 0. The number of rotatable bonds is 3. The number of hydrogen-bond acceptors (Lipinski definition) is 1. The first kappa shape index (κ1) is 23.5. The standard InChI is InChI=1S/C40H25NS/c1-2-12-26(13-3-1)39-31-16-4-6-18-33(31)40(34-19-7-5-17-32(34)39)38-25-27-24-28(22-23-37(27)42-38)41-35-20-10-8-14-29(35)30-15-9-11-21-36(30)41/h1-25H. The summed E-state index contributed by atoms with van der Waals surface area (Å²) < 4.78 is 3.70. The number of nitrogens with zero attached hydrogens (tertiary/aromatic N) is 1. The highest BCUT2D eigenvalue weighted by Crippen LogP contribution is 2.46. The molecule has 9 aromatic rings. The van der Waals surface area contributed by atoms with Gasteiger partial charge in [0.15, 0.2) is 0 Å². The number of para-hydroxylation sites is 2. The van der Waals surface area contributed by atoms with Crippen LogP contribution >= 0.6 is 11.3 Å². The van der Waals surface area contributed by atoms with Crippen molar-refractivity contribution in [3.63, 3.8) is 0 Å². The molecule has 196 valence electrons. The van der Waals surface area contributed by atoms with Gasteiger partial charge in [0, 0.05) is 31.6 Å². The van der Waals surface area contributed by atoms with Gasteiger partial charge in [-0.1, -0.05) is 115 Å². The van der Waals surface area contributed by atoms with Crippen LogP contribution in [0.1, 0.15) is 0 Å². The molecule has 0 atom stereocenters. The van der Waals surface area contributed by atoms with E-state index in [0.29, 0.717) is 0 Å². The molecule has 0 saturated carbocycles. The van der Waals surface area contributed by atoms with Gasteiger partial charge in [-0.05, 0) is 74.5 Å². The molecule has 0 N–H and O–H groups in total. The van der Waals surface area contributed by atoms with Gasteiger partial charge in [0.05, 0.1) is 11.0 Å². The Balaban J connectivity index is 1.30. The average Bonchev–Trinajstić information content (AvgIpc) is 3.62. The van der Waals surface area contributed by atoms with E-state index >= 15 is 0 Å². The Bertz CT molecular complexity index is 2350. The predicted molar refractivity (Wildman–Crippen MR) is 182 cm³/mol. The molecule has 0 unspecified atom stereocenters. The summed E-state index contributed by atoms with van der Waals surface area (Å²) >= 11 is 1.89. The van der Waals surface area contributed by atoms with Crippen LogP contribution in [0.2, 0.25) is 0 Å². The second-order valence-corrected chi connectivity index (χ2v) is 12.0. The van der Waals surface area contributed by atoms with Crippen LogP contribution in [-0.4, -0.2) is 4.57 Å². The normalized spacial score (nSPS) is 11.8. The zero-order chi connectivity index (χ0) is 27.6. The van der Waals surface area contributed by atoms with Crippen molar-refractivity contribution in [1.82, 2.24) is 4.57 Å². The van der Waals surface area contributed by atoms with Crippen LogP contribution in [0.3, 0.4) is 0 Å². The lowest BCUT2D eigenvalue weighted by Gasteiger charge is -2.16. The lowest BCUT2D eigenvalue weighted by atomic mass is 9.88. The first-order valence-corrected chi connectivity index (χ1v) is 15.2. The fourth-order valence-corrected chi connectivity index (χ4v) is 7.92. The summed E-state index contributed by atoms with van der Waals surface area (Å²) in [7, 11) is 0. The van der Waals surface area contributed by atoms with Crippen molar-refractivity contribution in [3.05, 3.63) is 152 Å². The molecule has 7 aromatic carbocycles. The topological polar surface area (TPSA) is 4.93 Å². The van der Waals surface area contributed by atoms with Crippen molar-refractivity contribution in [1.29, 1.82) is 0 Å². The molecule has 0 spiro atoms. The van der Waals surface area contributed by atoms with Crippen molar-refractivity contribution in [3.8, 4) is 27.3 Å². The lowest BCUT2D eigenvalue weighted by molar-refractivity contribution is 1.19. The molecule has 0 aliphatic heterocycles. The molecule has 0 aliphatic carbocycles. The van der Waals surface area contributed by atoms with Crippen molar-refractivity contribution < 1.29 is 0 Å². The Morgan fingerprint density at radius 2 is 0.905 bits per heavy atom. The first-order chi connectivity index (χ1) is 20.8. The number of aromatic nitrogens is 1. The largest absolute Gasteiger partial charge is 0.309 e. The molecule has 0 bridgehead atoms. The molecule has 42 heavy (non-hydrogen) atoms. The van der Waals surface area contributed by atoms with Crippen LogP contribution < -0.4 is 0 Å². The smallest absolute Gasteiger partial charge is 0.0541 e. The summed E-state index contributed by atoms with van der Waals surface area (Å²) in [5, 5.41) is 9.02. The van der Waals surface area contributed by atoms with Crippen LogP contribution in [0.25, 0.3) is 80.7 Å². The number of benzene rings is 7. The Labute approximate surface area is 247 Å². The molecule has 0 aliphatic rings. The summed E-state index contributed by atoms with van der Waals surface area (Å²) in [4.78, 5) is 1.30. The molecular formula is C40H25NS. The van der Waals surface area contributed by atoms with Gasteiger partial charge in [-0.3, -0.25) is 0 Å². The summed E-state index contributed by atoms with van der Waals surface area (Å²) in [6.07, 6.45) is 0. The van der Waals surface area contributed by atoms with Crippen molar-refractivity contribution in [2.75, 3.05) is 0 Å². The van der Waals surface area contributed by atoms with E-state index in [-0.39, 0.29) is 0 Å². The molecule has 1 nitrogen and oxygen atoms in total. The highest BCUT2D eigenvalue weighted by atomic mass is 32.1. The number of thiophene rings is 1. The number of hydrogen-bond donors (Lipinski definition) is 0. The molecule has 0 amide bonds. The Morgan fingerprint density at radius 3 is 1.50 bits per heavy atom. The van der Waals surface area contributed by atoms with E-state index in [1.165, 1.54) is 80.7 Å². The summed E-state index contributed by atoms with van der Waals surface area (Å²) in [5.41, 5.74) is 7.55. The Morgan fingerprint density at radius 1 is 0.405 bits per heavy atom. The monoisotopic (exact) mass is 551 g/mol.